The molecule has 0 aromatic rings. The van der Waals surface area contributed by atoms with E-state index in [-0.39, 0.29) is 0 Å². The fraction of sp³-hybridized carbons (Fsp3) is 0.571. The molecule has 0 saturated heterocycles. The summed E-state index contributed by atoms with van der Waals surface area (Å²) < 4.78 is 0.949. The number of nitrogens with zero attached hydrogens (tertiary/aromatic N) is 1. The molecular weight excluding hydrogens is 192 g/mol. The Bertz CT molecular complexity index is 137. The Morgan fingerprint density at radius 2 is 2.40 bits per heavy atom. The minimum Gasteiger partial charge on any atom is -0.312 e. The van der Waals surface area contributed by atoms with Crippen LogP contribution in [0.3, 0.4) is 0 Å². The van der Waals surface area contributed by atoms with Gasteiger partial charge in [-0.2, -0.15) is 5.26 Å². The van der Waals surface area contributed by atoms with Crippen molar-refractivity contribution in [3.63, 3.8) is 0 Å². The van der Waals surface area contributed by atoms with E-state index >= 15 is 0 Å². The number of rotatable bonds is 5. The third kappa shape index (κ3) is 7.67. The van der Waals surface area contributed by atoms with Crippen molar-refractivity contribution in [3.8, 4) is 6.07 Å². The number of nitriles is 1. The Labute approximate surface area is 70.0 Å². The molecule has 10 heavy (non-hydrogen) atoms. The average molecular weight is 203 g/mol. The van der Waals surface area contributed by atoms with Crippen molar-refractivity contribution in [1.82, 2.24) is 5.32 Å². The Hall–Kier alpha value is -0.330. The molecule has 0 bridgehead atoms. The molecule has 3 heteroatoms. The van der Waals surface area contributed by atoms with Crippen LogP contribution in [0.2, 0.25) is 0 Å². The molecule has 0 unspecified atom stereocenters. The number of unbranched alkanes of at least 4 members (excludes halogenated alkanes) is 1. The van der Waals surface area contributed by atoms with Crippen LogP contribution in [0.15, 0.2) is 11.1 Å². The predicted molar refractivity (Wildman–Crippen MR) is 45.8 cm³/mol. The molecule has 0 amide bonds. The lowest BCUT2D eigenvalue weighted by molar-refractivity contribution is 0.702. The molecule has 0 radical (unpaired) electrons. The molecule has 0 spiro atoms. The summed E-state index contributed by atoms with van der Waals surface area (Å²) in [7, 11) is 0. The Morgan fingerprint density at radius 3 is 2.90 bits per heavy atom. The fourth-order valence-electron chi connectivity index (χ4n) is 0.516. The zero-order valence-electron chi connectivity index (χ0n) is 5.86. The highest BCUT2D eigenvalue weighted by Gasteiger charge is 1.87. The summed E-state index contributed by atoms with van der Waals surface area (Å²) in [5.74, 6) is 0. The lowest BCUT2D eigenvalue weighted by Gasteiger charge is -1.99. The van der Waals surface area contributed by atoms with E-state index < -0.39 is 0 Å². The van der Waals surface area contributed by atoms with E-state index in [1.54, 1.807) is 0 Å². The first kappa shape index (κ1) is 9.67. The van der Waals surface area contributed by atoms with Gasteiger partial charge in [0.1, 0.15) is 0 Å². The van der Waals surface area contributed by atoms with Crippen LogP contribution in [0, 0.1) is 11.3 Å². The Kier molecular flexibility index (Phi) is 6.56. The molecule has 0 aromatic carbocycles. The molecule has 0 rings (SSSR count). The number of hydrogen-bond donors (Lipinski definition) is 1. The van der Waals surface area contributed by atoms with Crippen LogP contribution >= 0.6 is 15.9 Å². The van der Waals surface area contributed by atoms with Gasteiger partial charge >= 0.3 is 0 Å². The van der Waals surface area contributed by atoms with Crippen molar-refractivity contribution in [2.75, 3.05) is 13.1 Å². The van der Waals surface area contributed by atoms with E-state index in [2.05, 4.69) is 33.9 Å². The lowest BCUT2D eigenvalue weighted by atomic mass is 10.3. The van der Waals surface area contributed by atoms with E-state index in [9.17, 15) is 0 Å². The van der Waals surface area contributed by atoms with Gasteiger partial charge in [-0.3, -0.25) is 0 Å². The first-order valence-electron chi connectivity index (χ1n) is 3.18. The molecule has 0 aliphatic carbocycles. The van der Waals surface area contributed by atoms with Gasteiger partial charge in [0.2, 0.25) is 0 Å². The Balaban J connectivity index is 2.92. The highest BCUT2D eigenvalue weighted by Crippen LogP contribution is 1.96. The van der Waals surface area contributed by atoms with Crippen molar-refractivity contribution >= 4 is 15.9 Å². The van der Waals surface area contributed by atoms with Crippen molar-refractivity contribution in [3.05, 3.63) is 11.1 Å². The molecule has 0 aliphatic heterocycles. The van der Waals surface area contributed by atoms with E-state index in [4.69, 9.17) is 5.26 Å². The normalized spacial score (nSPS) is 8.80. The van der Waals surface area contributed by atoms with Crippen LogP contribution in [0.4, 0.5) is 0 Å². The second kappa shape index (κ2) is 6.79. The largest absolute Gasteiger partial charge is 0.312 e. The van der Waals surface area contributed by atoms with E-state index in [0.29, 0.717) is 6.42 Å². The van der Waals surface area contributed by atoms with Gasteiger partial charge in [-0.05, 0) is 13.0 Å². The third-order valence-corrected chi connectivity index (χ3v) is 1.24. The molecular formula is C7H11BrN2. The van der Waals surface area contributed by atoms with Crippen molar-refractivity contribution in [2.45, 2.75) is 12.8 Å². The van der Waals surface area contributed by atoms with Crippen LogP contribution in [0.5, 0.6) is 0 Å². The SMILES string of the molecule is C=C(Br)CNCCCC#N. The van der Waals surface area contributed by atoms with Crippen LogP contribution in [0.1, 0.15) is 12.8 Å². The van der Waals surface area contributed by atoms with E-state index in [0.717, 1.165) is 24.0 Å². The summed E-state index contributed by atoms with van der Waals surface area (Å²) in [4.78, 5) is 0. The molecule has 0 heterocycles. The highest BCUT2D eigenvalue weighted by molar-refractivity contribution is 9.11. The van der Waals surface area contributed by atoms with E-state index in [1.165, 1.54) is 0 Å². The highest BCUT2D eigenvalue weighted by atomic mass is 79.9. The summed E-state index contributed by atoms with van der Waals surface area (Å²) in [6.07, 6.45) is 1.54. The average Bonchev–Trinajstić information content (AvgIpc) is 1.87. The molecule has 0 aromatic heterocycles. The van der Waals surface area contributed by atoms with Gasteiger partial charge in [-0.1, -0.05) is 22.5 Å². The van der Waals surface area contributed by atoms with Crippen LogP contribution in [0.25, 0.3) is 0 Å². The number of halogens is 1. The quantitative estimate of drug-likeness (QED) is 0.691. The monoisotopic (exact) mass is 202 g/mol. The zero-order valence-corrected chi connectivity index (χ0v) is 7.45. The summed E-state index contributed by atoms with van der Waals surface area (Å²) in [5.41, 5.74) is 0. The molecule has 0 aliphatic rings. The molecule has 1 N–H and O–H groups in total. The summed E-state index contributed by atoms with van der Waals surface area (Å²) in [6.45, 7) is 5.33. The van der Waals surface area contributed by atoms with E-state index in [1.807, 2.05) is 0 Å². The molecule has 56 valence electrons. The minimum atomic E-state index is 0.627. The van der Waals surface area contributed by atoms with Crippen molar-refractivity contribution in [2.24, 2.45) is 0 Å². The lowest BCUT2D eigenvalue weighted by Crippen LogP contribution is -2.16. The standard InChI is InChI=1S/C7H11BrN2/c1-7(8)6-10-5-3-2-4-9/h10H,1-3,5-6H2. The second-order valence-corrected chi connectivity index (χ2v) is 3.08. The maximum Gasteiger partial charge on any atom is 0.0622 e. The maximum atomic E-state index is 8.17. The molecule has 2 nitrogen and oxygen atoms in total. The molecule has 0 saturated carbocycles. The Morgan fingerprint density at radius 1 is 1.70 bits per heavy atom. The van der Waals surface area contributed by atoms with Crippen LogP contribution in [-0.4, -0.2) is 13.1 Å². The van der Waals surface area contributed by atoms with Gasteiger partial charge in [-0.15, -0.1) is 0 Å². The maximum absolute atomic E-state index is 8.17. The van der Waals surface area contributed by atoms with Gasteiger partial charge in [0.25, 0.3) is 0 Å². The molecule has 0 atom stereocenters. The predicted octanol–water partition coefficient (Wildman–Crippen LogP) is 1.79. The first-order chi connectivity index (χ1) is 4.77. The van der Waals surface area contributed by atoms with Crippen LogP contribution < -0.4 is 5.32 Å². The first-order valence-corrected chi connectivity index (χ1v) is 3.97. The van der Waals surface area contributed by atoms with Gasteiger partial charge in [-0.25, -0.2) is 0 Å². The second-order valence-electron chi connectivity index (χ2n) is 1.96. The third-order valence-electron chi connectivity index (χ3n) is 0.959. The zero-order chi connectivity index (χ0) is 7.82. The topological polar surface area (TPSA) is 35.8 Å². The van der Waals surface area contributed by atoms with Gasteiger partial charge in [0, 0.05) is 17.4 Å². The van der Waals surface area contributed by atoms with Crippen LogP contribution in [-0.2, 0) is 0 Å². The molecule has 0 fully saturated rings. The van der Waals surface area contributed by atoms with Crippen molar-refractivity contribution in [1.29, 1.82) is 5.26 Å². The fourth-order valence-corrected chi connectivity index (χ4v) is 0.715. The van der Waals surface area contributed by atoms with Crippen molar-refractivity contribution < 1.29 is 0 Å². The van der Waals surface area contributed by atoms with Gasteiger partial charge in [0.15, 0.2) is 0 Å². The minimum absolute atomic E-state index is 0.627. The summed E-state index contributed by atoms with van der Waals surface area (Å²) >= 11 is 3.22. The summed E-state index contributed by atoms with van der Waals surface area (Å²) in [5, 5.41) is 11.3. The van der Waals surface area contributed by atoms with Gasteiger partial charge < -0.3 is 5.32 Å². The van der Waals surface area contributed by atoms with Gasteiger partial charge in [0.05, 0.1) is 6.07 Å². The number of hydrogen-bond acceptors (Lipinski definition) is 2. The number of nitrogens with one attached hydrogen (secondary N) is 1. The smallest absolute Gasteiger partial charge is 0.0622 e. The summed E-state index contributed by atoms with van der Waals surface area (Å²) in [6, 6.07) is 2.08.